The Balaban J connectivity index is 1.47. The Morgan fingerprint density at radius 2 is 2.10 bits per heavy atom. The number of hydrogen-bond donors (Lipinski definition) is 2. The number of methoxy groups -OCH3 is 1. The number of likely N-dealkylation sites (tertiary alicyclic amines) is 1. The topological polar surface area (TPSA) is 88.1 Å². The van der Waals surface area contributed by atoms with E-state index in [0.717, 1.165) is 43.9 Å². The van der Waals surface area contributed by atoms with Crippen LogP contribution in [0.15, 0.2) is 23.3 Å². The molecule has 1 saturated heterocycles. The minimum Gasteiger partial charge on any atom is -0.475 e. The molecule has 1 aromatic heterocycles. The highest BCUT2D eigenvalue weighted by Crippen LogP contribution is 2.26. The Labute approximate surface area is 179 Å². The van der Waals surface area contributed by atoms with Crippen LogP contribution in [0.5, 0.6) is 5.88 Å². The van der Waals surface area contributed by atoms with E-state index in [1.165, 1.54) is 19.3 Å². The molecule has 8 heteroatoms. The molecule has 2 N–H and O–H groups in total. The third-order valence-electron chi connectivity index (χ3n) is 5.84. The van der Waals surface area contributed by atoms with E-state index in [0.29, 0.717) is 31.5 Å². The van der Waals surface area contributed by atoms with Crippen molar-refractivity contribution in [1.29, 1.82) is 0 Å². The molecule has 1 unspecified atom stereocenters. The lowest BCUT2D eigenvalue weighted by Gasteiger charge is -2.26. The standard InChI is InChI=1S/C22H35N5O3/c1-23-22(25-15-18-9-6-11-24-20(18)30-14-13-29-2)26-19-10-12-27(16-19)21(28)17-7-4-3-5-8-17/h6,9,11,17,19H,3-5,7-8,10,12-16H2,1-2H3,(H2,23,25,26). The first-order valence-electron chi connectivity index (χ1n) is 11.0. The number of nitrogens with zero attached hydrogens (tertiary/aromatic N) is 3. The van der Waals surface area contributed by atoms with Crippen LogP contribution in [0.2, 0.25) is 0 Å². The van der Waals surface area contributed by atoms with E-state index >= 15 is 0 Å². The number of hydrogen-bond acceptors (Lipinski definition) is 5. The van der Waals surface area contributed by atoms with Crippen molar-refractivity contribution in [3.8, 4) is 5.88 Å². The molecule has 1 saturated carbocycles. The summed E-state index contributed by atoms with van der Waals surface area (Å²) in [6, 6.07) is 4.09. The fourth-order valence-electron chi connectivity index (χ4n) is 4.16. The predicted octanol–water partition coefficient (Wildman–Crippen LogP) is 1.95. The van der Waals surface area contributed by atoms with Crippen molar-refractivity contribution < 1.29 is 14.3 Å². The Kier molecular flexibility index (Phi) is 8.74. The molecule has 0 radical (unpaired) electrons. The van der Waals surface area contributed by atoms with E-state index in [1.807, 2.05) is 17.0 Å². The summed E-state index contributed by atoms with van der Waals surface area (Å²) in [5.41, 5.74) is 0.956. The van der Waals surface area contributed by atoms with Crippen LogP contribution in [0.1, 0.15) is 44.1 Å². The predicted molar refractivity (Wildman–Crippen MR) is 117 cm³/mol. The van der Waals surface area contributed by atoms with Gasteiger partial charge in [-0.3, -0.25) is 9.79 Å². The summed E-state index contributed by atoms with van der Waals surface area (Å²) in [6.45, 7) is 3.09. The fraction of sp³-hybridized carbons (Fsp3) is 0.682. The summed E-state index contributed by atoms with van der Waals surface area (Å²) in [5, 5.41) is 6.79. The van der Waals surface area contributed by atoms with Gasteiger partial charge < -0.3 is 25.0 Å². The van der Waals surface area contributed by atoms with Crippen LogP contribution in [0.25, 0.3) is 0 Å². The second-order valence-corrected chi connectivity index (χ2v) is 7.98. The van der Waals surface area contributed by atoms with Gasteiger partial charge in [0.2, 0.25) is 11.8 Å². The van der Waals surface area contributed by atoms with Crippen molar-refractivity contribution in [3.63, 3.8) is 0 Å². The molecule has 1 aliphatic heterocycles. The maximum Gasteiger partial charge on any atom is 0.225 e. The number of pyridine rings is 1. The van der Waals surface area contributed by atoms with E-state index in [4.69, 9.17) is 9.47 Å². The van der Waals surface area contributed by atoms with Gasteiger partial charge in [-0.25, -0.2) is 4.98 Å². The summed E-state index contributed by atoms with van der Waals surface area (Å²) in [7, 11) is 3.40. The van der Waals surface area contributed by atoms with E-state index in [9.17, 15) is 4.79 Å². The Morgan fingerprint density at radius 1 is 1.27 bits per heavy atom. The molecule has 1 atom stereocenters. The van der Waals surface area contributed by atoms with Crippen LogP contribution in [0.4, 0.5) is 0 Å². The van der Waals surface area contributed by atoms with Crippen molar-refractivity contribution in [2.24, 2.45) is 10.9 Å². The largest absolute Gasteiger partial charge is 0.475 e. The lowest BCUT2D eigenvalue weighted by Crippen LogP contribution is -2.45. The average Bonchev–Trinajstić information content (AvgIpc) is 3.26. The highest BCUT2D eigenvalue weighted by molar-refractivity contribution is 5.81. The SMILES string of the molecule is CN=C(NCc1cccnc1OCCOC)NC1CCN(C(=O)C2CCCCC2)C1. The lowest BCUT2D eigenvalue weighted by atomic mass is 9.88. The summed E-state index contributed by atoms with van der Waals surface area (Å²) in [6.07, 6.45) is 8.41. The highest BCUT2D eigenvalue weighted by Gasteiger charge is 2.31. The maximum atomic E-state index is 12.8. The monoisotopic (exact) mass is 417 g/mol. The lowest BCUT2D eigenvalue weighted by molar-refractivity contribution is -0.135. The number of aliphatic imine (C=N–C) groups is 1. The van der Waals surface area contributed by atoms with Gasteiger partial charge in [0.05, 0.1) is 6.61 Å². The van der Waals surface area contributed by atoms with Crippen LogP contribution in [-0.4, -0.2) is 68.3 Å². The summed E-state index contributed by atoms with van der Waals surface area (Å²) < 4.78 is 10.7. The van der Waals surface area contributed by atoms with E-state index < -0.39 is 0 Å². The molecule has 166 valence electrons. The molecule has 8 nitrogen and oxygen atoms in total. The molecule has 1 aromatic rings. The molecule has 1 aliphatic carbocycles. The number of aromatic nitrogens is 1. The van der Waals surface area contributed by atoms with Crippen molar-refractivity contribution in [2.45, 2.75) is 51.1 Å². The van der Waals surface area contributed by atoms with Crippen LogP contribution in [-0.2, 0) is 16.1 Å². The molecule has 3 rings (SSSR count). The molecule has 0 bridgehead atoms. The first-order chi connectivity index (χ1) is 14.7. The van der Waals surface area contributed by atoms with Gasteiger partial charge >= 0.3 is 0 Å². The number of amides is 1. The number of guanidine groups is 1. The molecule has 0 aromatic carbocycles. The normalized spacial score (nSPS) is 20.3. The molecule has 0 spiro atoms. The van der Waals surface area contributed by atoms with Crippen LogP contribution in [0.3, 0.4) is 0 Å². The number of ether oxygens (including phenoxy) is 2. The van der Waals surface area contributed by atoms with Gasteiger partial charge in [-0.05, 0) is 25.3 Å². The van der Waals surface area contributed by atoms with Gasteiger partial charge in [0.25, 0.3) is 0 Å². The second-order valence-electron chi connectivity index (χ2n) is 7.98. The number of rotatable bonds is 8. The van der Waals surface area contributed by atoms with Gasteiger partial charge in [0.1, 0.15) is 6.61 Å². The maximum absolute atomic E-state index is 12.8. The third-order valence-corrected chi connectivity index (χ3v) is 5.84. The van der Waals surface area contributed by atoms with Gasteiger partial charge in [-0.1, -0.05) is 25.3 Å². The van der Waals surface area contributed by atoms with Crippen molar-refractivity contribution in [2.75, 3.05) is 40.5 Å². The summed E-state index contributed by atoms with van der Waals surface area (Å²) in [5.74, 6) is 1.90. The van der Waals surface area contributed by atoms with Gasteiger partial charge in [0, 0.05) is 57.5 Å². The Bertz CT molecular complexity index is 706. The van der Waals surface area contributed by atoms with E-state index in [-0.39, 0.29) is 12.0 Å². The zero-order valence-electron chi connectivity index (χ0n) is 18.2. The molecule has 2 heterocycles. The second kappa shape index (κ2) is 11.7. The molecule has 2 aliphatic rings. The summed E-state index contributed by atoms with van der Waals surface area (Å²) >= 11 is 0. The molecule has 30 heavy (non-hydrogen) atoms. The highest BCUT2D eigenvalue weighted by atomic mass is 16.5. The first kappa shape index (κ1) is 22.3. The smallest absolute Gasteiger partial charge is 0.225 e. The fourth-order valence-corrected chi connectivity index (χ4v) is 4.16. The van der Waals surface area contributed by atoms with Crippen molar-refractivity contribution >= 4 is 11.9 Å². The minimum absolute atomic E-state index is 0.218. The Morgan fingerprint density at radius 3 is 2.87 bits per heavy atom. The number of carbonyl (C=O) groups excluding carboxylic acids is 1. The zero-order valence-corrected chi connectivity index (χ0v) is 18.2. The molecule has 1 amide bonds. The first-order valence-corrected chi connectivity index (χ1v) is 11.0. The van der Waals surface area contributed by atoms with Crippen LogP contribution < -0.4 is 15.4 Å². The van der Waals surface area contributed by atoms with Gasteiger partial charge in [-0.15, -0.1) is 0 Å². The van der Waals surface area contributed by atoms with Crippen molar-refractivity contribution in [1.82, 2.24) is 20.5 Å². The summed E-state index contributed by atoms with van der Waals surface area (Å²) in [4.78, 5) is 23.5. The van der Waals surface area contributed by atoms with E-state index in [1.54, 1.807) is 20.4 Å². The van der Waals surface area contributed by atoms with Crippen LogP contribution in [0, 0.1) is 5.92 Å². The minimum atomic E-state index is 0.218. The number of carbonyl (C=O) groups is 1. The average molecular weight is 418 g/mol. The quantitative estimate of drug-likeness (QED) is 0.382. The molecular weight excluding hydrogens is 382 g/mol. The zero-order chi connectivity index (χ0) is 21.2. The Hall–Kier alpha value is -2.35. The van der Waals surface area contributed by atoms with E-state index in [2.05, 4.69) is 20.6 Å². The van der Waals surface area contributed by atoms with Gasteiger partial charge in [0.15, 0.2) is 5.96 Å². The third kappa shape index (κ3) is 6.32. The molecule has 2 fully saturated rings. The van der Waals surface area contributed by atoms with Gasteiger partial charge in [-0.2, -0.15) is 0 Å². The number of nitrogens with one attached hydrogen (secondary N) is 2. The van der Waals surface area contributed by atoms with Crippen molar-refractivity contribution in [3.05, 3.63) is 23.9 Å². The van der Waals surface area contributed by atoms with Crippen LogP contribution >= 0.6 is 0 Å². The molecular formula is C22H35N5O3.